The first-order chi connectivity index (χ1) is 19.7. The fourth-order valence-corrected chi connectivity index (χ4v) is 5.76. The quantitative estimate of drug-likeness (QED) is 0.299. The molecule has 0 aliphatic carbocycles. The van der Waals surface area contributed by atoms with Gasteiger partial charge in [0, 0.05) is 32.3 Å². The van der Waals surface area contributed by atoms with Crippen LogP contribution in [0.3, 0.4) is 0 Å². The minimum Gasteiger partial charge on any atom is -0.475 e. The molecule has 1 amide bonds. The Morgan fingerprint density at radius 3 is 2.59 bits per heavy atom. The van der Waals surface area contributed by atoms with Crippen molar-refractivity contribution in [2.45, 2.75) is 37.8 Å². The number of nitrogen functional groups attached to an aromatic ring is 1. The monoisotopic (exact) mass is 574 g/mol. The maximum absolute atomic E-state index is 13.4. The highest BCUT2D eigenvalue weighted by atomic mass is 32.2. The molecule has 1 aromatic carbocycles. The molecule has 0 bridgehead atoms. The van der Waals surface area contributed by atoms with Crippen molar-refractivity contribution in [3.8, 4) is 17.1 Å². The van der Waals surface area contributed by atoms with Crippen LogP contribution in [0.4, 0.5) is 11.6 Å². The van der Waals surface area contributed by atoms with Gasteiger partial charge < -0.3 is 15.4 Å². The van der Waals surface area contributed by atoms with Crippen LogP contribution in [0.25, 0.3) is 11.3 Å². The molecular formula is C30H34N6O4S. The zero-order chi connectivity index (χ0) is 29.0. The number of aromatic nitrogens is 3. The number of carbonyl (C=O) groups excluding carboxylic acids is 1. The maximum Gasteiger partial charge on any atom is 0.281 e. The Balaban J connectivity index is 0.00000405. The zero-order valence-corrected chi connectivity index (χ0v) is 23.7. The molecule has 3 N–H and O–H groups in total. The van der Waals surface area contributed by atoms with E-state index < -0.39 is 15.9 Å². The topological polar surface area (TPSA) is 140 Å². The predicted molar refractivity (Wildman–Crippen MR) is 159 cm³/mol. The van der Waals surface area contributed by atoms with E-state index in [4.69, 9.17) is 15.5 Å². The number of ether oxygens (including phenoxy) is 1. The van der Waals surface area contributed by atoms with Crippen molar-refractivity contribution < 1.29 is 19.4 Å². The third-order valence-electron chi connectivity index (χ3n) is 6.71. The van der Waals surface area contributed by atoms with Crippen LogP contribution in [0.1, 0.15) is 37.6 Å². The summed E-state index contributed by atoms with van der Waals surface area (Å²) in [5, 5.41) is -0.337. The van der Waals surface area contributed by atoms with Crippen molar-refractivity contribution in [1.82, 2.24) is 19.7 Å². The number of amides is 1. The van der Waals surface area contributed by atoms with E-state index in [1.54, 1.807) is 24.4 Å². The largest absolute Gasteiger partial charge is 0.475 e. The summed E-state index contributed by atoms with van der Waals surface area (Å²) in [7, 11) is -4.26. The van der Waals surface area contributed by atoms with E-state index in [2.05, 4.69) is 26.8 Å². The van der Waals surface area contributed by atoms with Crippen molar-refractivity contribution in [2.24, 2.45) is 5.92 Å². The second-order valence-corrected chi connectivity index (χ2v) is 11.9. The second-order valence-electron chi connectivity index (χ2n) is 10.2. The number of carbonyl (C=O) groups is 1. The summed E-state index contributed by atoms with van der Waals surface area (Å²) in [6.07, 6.45) is 3.47. The molecule has 41 heavy (non-hydrogen) atoms. The van der Waals surface area contributed by atoms with Crippen molar-refractivity contribution in [3.63, 3.8) is 0 Å². The van der Waals surface area contributed by atoms with Gasteiger partial charge in [-0.05, 0) is 68.5 Å². The van der Waals surface area contributed by atoms with Gasteiger partial charge in [-0.3, -0.25) is 4.79 Å². The molecule has 1 aliphatic rings. The number of nitrogens with zero attached hydrogens (tertiary/aromatic N) is 4. The second kappa shape index (κ2) is 11.9. The Morgan fingerprint density at radius 1 is 1.07 bits per heavy atom. The summed E-state index contributed by atoms with van der Waals surface area (Å²) in [6, 6.07) is 21.4. The summed E-state index contributed by atoms with van der Waals surface area (Å²) in [5.74, 6) is 0.506. The van der Waals surface area contributed by atoms with E-state index in [-0.39, 0.29) is 23.9 Å². The Kier molecular flexibility index (Phi) is 8.16. The highest BCUT2D eigenvalue weighted by molar-refractivity contribution is 7.90. The van der Waals surface area contributed by atoms with Gasteiger partial charge in [-0.25, -0.2) is 19.7 Å². The Bertz CT molecular complexity index is 1640. The minimum absolute atomic E-state index is 0. The highest BCUT2D eigenvalue weighted by Crippen LogP contribution is 2.30. The van der Waals surface area contributed by atoms with Crippen LogP contribution in [0.2, 0.25) is 0 Å². The summed E-state index contributed by atoms with van der Waals surface area (Å²) in [6.45, 7) is 5.21. The molecule has 0 saturated carbocycles. The molecule has 1 unspecified atom stereocenters. The lowest BCUT2D eigenvalue weighted by molar-refractivity contribution is 0.0981. The average Bonchev–Trinajstić information content (AvgIpc) is 3.41. The molecule has 3 aromatic heterocycles. The van der Waals surface area contributed by atoms with Crippen LogP contribution in [-0.2, 0) is 16.4 Å². The fraction of sp³-hybridized carbons (Fsp3) is 0.267. The third kappa shape index (κ3) is 6.80. The van der Waals surface area contributed by atoms with Crippen LogP contribution in [0.15, 0.2) is 84.0 Å². The van der Waals surface area contributed by atoms with E-state index in [9.17, 15) is 13.2 Å². The number of hydrogen-bond acceptors (Lipinski definition) is 9. The molecule has 1 saturated heterocycles. The fourth-order valence-electron chi connectivity index (χ4n) is 4.82. The molecule has 4 aromatic rings. The van der Waals surface area contributed by atoms with Gasteiger partial charge in [-0.1, -0.05) is 36.4 Å². The first-order valence-electron chi connectivity index (χ1n) is 13.4. The van der Waals surface area contributed by atoms with E-state index in [0.29, 0.717) is 36.4 Å². The number of sulfonamides is 1. The van der Waals surface area contributed by atoms with E-state index >= 15 is 0 Å². The van der Waals surface area contributed by atoms with Gasteiger partial charge in [-0.15, -0.1) is 0 Å². The van der Waals surface area contributed by atoms with Crippen LogP contribution in [-0.4, -0.2) is 48.5 Å². The highest BCUT2D eigenvalue weighted by Gasteiger charge is 2.29. The number of nitrogens with two attached hydrogens (primary N) is 1. The van der Waals surface area contributed by atoms with E-state index in [1.165, 1.54) is 23.8 Å². The Hall–Kier alpha value is -4.51. The number of hydrogen-bond donors (Lipinski definition) is 2. The van der Waals surface area contributed by atoms with Crippen LogP contribution >= 0.6 is 0 Å². The molecule has 11 heteroatoms. The van der Waals surface area contributed by atoms with Gasteiger partial charge in [-0.2, -0.15) is 8.42 Å². The lowest BCUT2D eigenvalue weighted by Crippen LogP contribution is -2.33. The number of anilines is 2. The normalized spacial score (nSPS) is 15.2. The van der Waals surface area contributed by atoms with E-state index in [0.717, 1.165) is 18.4 Å². The number of benzene rings is 1. The van der Waals surface area contributed by atoms with Crippen molar-refractivity contribution in [1.29, 1.82) is 0 Å². The first kappa shape index (κ1) is 28.0. The van der Waals surface area contributed by atoms with Gasteiger partial charge in [0.2, 0.25) is 5.88 Å². The lowest BCUT2D eigenvalue weighted by Gasteiger charge is -2.22. The molecule has 5 rings (SSSR count). The van der Waals surface area contributed by atoms with Crippen molar-refractivity contribution in [2.75, 3.05) is 23.7 Å². The molecule has 1 aliphatic heterocycles. The summed E-state index contributed by atoms with van der Waals surface area (Å²) >= 11 is 0. The Morgan fingerprint density at radius 2 is 1.88 bits per heavy atom. The molecule has 1 atom stereocenters. The summed E-state index contributed by atoms with van der Waals surface area (Å²) in [4.78, 5) is 28.5. The van der Waals surface area contributed by atoms with Crippen LogP contribution in [0.5, 0.6) is 5.88 Å². The standard InChI is InChI=1S/C30H32N6O4S.H2/c1-20(2)40-27-14-11-23(18-32-27)25-13-12-24(30(37)35-41(38,39)28-10-6-9-26(31)34-28)29(33-25)36-16-15-22(19-36)17-21-7-4-3-5-8-21;/h3-14,18,20,22H,15-17,19H2,1-2H3,(H2,31,34)(H,35,37);1H. The summed E-state index contributed by atoms with van der Waals surface area (Å²) in [5.41, 5.74) is 8.40. The minimum atomic E-state index is -4.26. The van der Waals surface area contributed by atoms with Crippen molar-refractivity contribution in [3.05, 3.63) is 90.1 Å². The van der Waals surface area contributed by atoms with E-state index in [1.807, 2.05) is 43.0 Å². The molecular weight excluding hydrogens is 540 g/mol. The van der Waals surface area contributed by atoms with Gasteiger partial charge >= 0.3 is 0 Å². The number of pyridine rings is 3. The number of nitrogens with one attached hydrogen (secondary N) is 1. The predicted octanol–water partition coefficient (Wildman–Crippen LogP) is 4.34. The first-order valence-corrected chi connectivity index (χ1v) is 14.9. The molecule has 0 spiro atoms. The third-order valence-corrected chi connectivity index (χ3v) is 7.94. The van der Waals surface area contributed by atoms with Gasteiger partial charge in [0.15, 0.2) is 5.03 Å². The van der Waals surface area contributed by atoms with Gasteiger partial charge in [0.05, 0.1) is 17.4 Å². The van der Waals surface area contributed by atoms with Crippen LogP contribution < -0.4 is 20.1 Å². The maximum atomic E-state index is 13.4. The van der Waals surface area contributed by atoms with Gasteiger partial charge in [0.25, 0.3) is 15.9 Å². The molecule has 10 nitrogen and oxygen atoms in total. The van der Waals surface area contributed by atoms with Crippen molar-refractivity contribution >= 4 is 27.6 Å². The molecule has 1 fully saturated rings. The Labute approximate surface area is 241 Å². The zero-order valence-electron chi connectivity index (χ0n) is 22.9. The number of rotatable bonds is 9. The molecule has 0 radical (unpaired) electrons. The van der Waals surface area contributed by atoms with Crippen LogP contribution in [0, 0.1) is 5.92 Å². The summed E-state index contributed by atoms with van der Waals surface area (Å²) < 4.78 is 33.7. The molecule has 4 heterocycles. The average molecular weight is 575 g/mol. The smallest absolute Gasteiger partial charge is 0.281 e. The van der Waals surface area contributed by atoms with Gasteiger partial charge in [0.1, 0.15) is 11.6 Å². The molecule has 214 valence electrons. The SMILES string of the molecule is CC(C)Oc1ccc(-c2ccc(C(=O)NS(=O)(=O)c3cccc(N)n3)c(N3CCC(Cc4ccccc4)C3)n2)cn1.[HH]. The lowest BCUT2D eigenvalue weighted by atomic mass is 9.99.